The van der Waals surface area contributed by atoms with Gasteiger partial charge in [-0.3, -0.25) is 0 Å². The second-order valence-electron chi connectivity index (χ2n) is 8.85. The fourth-order valence-corrected chi connectivity index (χ4v) is 9.57. The molecule has 3 heterocycles. The zero-order chi connectivity index (χ0) is 20.7. The Bertz CT molecular complexity index is 951. The van der Waals surface area contributed by atoms with Crippen LogP contribution < -0.4 is 13.8 Å². The first-order chi connectivity index (χ1) is 14.6. The monoisotopic (exact) mass is 534 g/mol. The topological polar surface area (TPSA) is 78.4 Å². The molecule has 2 aromatic rings. The maximum absolute atomic E-state index is 12.8. The van der Waals surface area contributed by atoms with Crippen LogP contribution in [0.1, 0.15) is 49.3 Å². The van der Waals surface area contributed by atoms with Crippen LogP contribution in [-0.4, -0.2) is 60.1 Å². The standard InChI is InChI=1S/C22H27ClN4O.O.Sn/c1-2-19-14-20(26-22(15-28)10-3-11-22)25-21(24-19)27-12-8-17(9-13-27)16-4-6-18(23)7-5-16;;/h4-7,17,28H,1-3,8-13,15H2,(H,24,25,26);;. The molecule has 1 aromatic heterocycles. The molecule has 30 heavy (non-hydrogen) atoms. The second kappa shape index (κ2) is 8.35. The summed E-state index contributed by atoms with van der Waals surface area (Å²) in [5.74, 6) is 2.02. The van der Waals surface area contributed by atoms with Gasteiger partial charge in [0.1, 0.15) is 0 Å². The summed E-state index contributed by atoms with van der Waals surface area (Å²) >= 11 is 3.18. The fourth-order valence-electron chi connectivity index (χ4n) is 4.88. The molecule has 1 aromatic carbocycles. The van der Waals surface area contributed by atoms with E-state index in [-0.39, 0.29) is 12.1 Å². The third kappa shape index (κ3) is 3.86. The summed E-state index contributed by atoms with van der Waals surface area (Å²) in [7, 11) is 0. The van der Waals surface area contributed by atoms with E-state index < -0.39 is 19.7 Å². The van der Waals surface area contributed by atoms with Gasteiger partial charge in [-0.1, -0.05) is 11.6 Å². The molecular weight excluding hydrogens is 506 g/mol. The first kappa shape index (κ1) is 20.6. The van der Waals surface area contributed by atoms with E-state index in [2.05, 4.69) is 22.3 Å². The summed E-state index contributed by atoms with van der Waals surface area (Å²) in [6, 6.07) is 8.19. The van der Waals surface area contributed by atoms with Gasteiger partial charge in [0.05, 0.1) is 0 Å². The molecule has 158 valence electrons. The van der Waals surface area contributed by atoms with Crippen LogP contribution in [0.5, 0.6) is 0 Å². The SMILES string of the molecule is [O]=[Sn]1[CH2]Cc2nc(N3CCC(c4ccc(Cl)cc4)CC3)nc(NC3(CO)CCC3)[c]21. The summed E-state index contributed by atoms with van der Waals surface area (Å²) < 4.78 is 14.4. The van der Waals surface area contributed by atoms with Crippen molar-refractivity contribution >= 4 is 46.7 Å². The van der Waals surface area contributed by atoms with Crippen LogP contribution in [0, 0.1) is 0 Å². The molecule has 1 aliphatic carbocycles. The third-order valence-electron chi connectivity index (χ3n) is 6.96. The van der Waals surface area contributed by atoms with Crippen molar-refractivity contribution in [3.8, 4) is 0 Å². The number of aliphatic hydroxyl groups excluding tert-OH is 1. The van der Waals surface area contributed by atoms with Crippen molar-refractivity contribution in [1.82, 2.24) is 9.97 Å². The number of fused-ring (bicyclic) bond motifs is 1. The Morgan fingerprint density at radius 2 is 1.93 bits per heavy atom. The molecule has 5 rings (SSSR count). The molecule has 3 aliphatic rings. The van der Waals surface area contributed by atoms with Crippen LogP contribution in [0.4, 0.5) is 11.8 Å². The number of halogens is 1. The quantitative estimate of drug-likeness (QED) is 0.576. The molecular formula is C22H27ClN4O2Sn. The summed E-state index contributed by atoms with van der Waals surface area (Å²) in [5, 5.41) is 14.2. The fraction of sp³-hybridized carbons (Fsp3) is 0.545. The number of aromatic nitrogens is 2. The number of hydrogen-bond donors (Lipinski definition) is 2. The molecule has 8 heteroatoms. The number of piperidine rings is 1. The van der Waals surface area contributed by atoms with Crippen LogP contribution in [-0.2, 0) is 9.50 Å². The summed E-state index contributed by atoms with van der Waals surface area (Å²) in [6.45, 7) is 1.89. The number of anilines is 2. The van der Waals surface area contributed by atoms with Gasteiger partial charge in [-0.05, 0) is 0 Å². The predicted molar refractivity (Wildman–Crippen MR) is 120 cm³/mol. The Hall–Kier alpha value is -1.25. The van der Waals surface area contributed by atoms with Gasteiger partial charge in [-0.2, -0.15) is 0 Å². The van der Waals surface area contributed by atoms with Gasteiger partial charge in [-0.25, -0.2) is 0 Å². The Morgan fingerprint density at radius 3 is 2.57 bits per heavy atom. The molecule has 0 amide bonds. The van der Waals surface area contributed by atoms with Crippen LogP contribution in [0.2, 0.25) is 9.46 Å². The van der Waals surface area contributed by atoms with Crippen molar-refractivity contribution in [2.24, 2.45) is 0 Å². The van der Waals surface area contributed by atoms with Crippen molar-refractivity contribution in [3.63, 3.8) is 0 Å². The number of nitrogens with zero attached hydrogens (tertiary/aromatic N) is 3. The van der Waals surface area contributed by atoms with E-state index in [1.807, 2.05) is 12.1 Å². The number of rotatable bonds is 5. The molecule has 1 saturated heterocycles. The van der Waals surface area contributed by atoms with E-state index in [4.69, 9.17) is 21.6 Å². The molecule has 0 unspecified atom stereocenters. The molecule has 2 aliphatic heterocycles. The van der Waals surface area contributed by atoms with E-state index in [0.29, 0.717) is 5.92 Å². The molecule has 1 saturated carbocycles. The molecule has 0 bridgehead atoms. The zero-order valence-corrected chi connectivity index (χ0v) is 20.6. The van der Waals surface area contributed by atoms with E-state index >= 15 is 0 Å². The molecule has 6 nitrogen and oxygen atoms in total. The van der Waals surface area contributed by atoms with E-state index in [1.165, 1.54) is 5.56 Å². The number of nitrogens with one attached hydrogen (secondary N) is 1. The van der Waals surface area contributed by atoms with Crippen LogP contribution in [0.3, 0.4) is 0 Å². The minimum atomic E-state index is -2.85. The van der Waals surface area contributed by atoms with Crippen LogP contribution in [0.15, 0.2) is 24.3 Å². The first-order valence-corrected chi connectivity index (χ1v) is 15.9. The van der Waals surface area contributed by atoms with Crippen LogP contribution >= 0.6 is 11.6 Å². The van der Waals surface area contributed by atoms with E-state index in [0.717, 1.165) is 82.1 Å². The van der Waals surface area contributed by atoms with Crippen molar-refractivity contribution in [3.05, 3.63) is 40.5 Å². The van der Waals surface area contributed by atoms with Gasteiger partial charge < -0.3 is 0 Å². The molecule has 2 N–H and O–H groups in total. The first-order valence-electron chi connectivity index (χ1n) is 10.9. The second-order valence-corrected chi connectivity index (χ2v) is 14.6. The van der Waals surface area contributed by atoms with Crippen molar-refractivity contribution < 1.29 is 8.18 Å². The van der Waals surface area contributed by atoms with Gasteiger partial charge in [0.25, 0.3) is 0 Å². The molecule has 2 fully saturated rings. The Labute approximate surface area is 189 Å². The number of aryl methyl sites for hydroxylation is 1. The average molecular weight is 534 g/mol. The molecule has 0 spiro atoms. The maximum atomic E-state index is 12.8. The average Bonchev–Trinajstić information content (AvgIpc) is 3.12. The predicted octanol–water partition coefficient (Wildman–Crippen LogP) is 3.03. The normalized spacial score (nSPS) is 20.7. The van der Waals surface area contributed by atoms with Gasteiger partial charge in [-0.15, -0.1) is 0 Å². The van der Waals surface area contributed by atoms with E-state index in [1.54, 1.807) is 0 Å². The van der Waals surface area contributed by atoms with Gasteiger partial charge in [0.2, 0.25) is 0 Å². The molecule has 0 radical (unpaired) electrons. The Balaban J connectivity index is 1.37. The third-order valence-corrected chi connectivity index (χ3v) is 12.3. The number of aliphatic hydroxyl groups is 1. The number of benzene rings is 1. The summed E-state index contributed by atoms with van der Waals surface area (Å²) in [5.41, 5.74) is 2.01. The van der Waals surface area contributed by atoms with Crippen LogP contribution in [0.25, 0.3) is 0 Å². The van der Waals surface area contributed by atoms with Gasteiger partial charge in [0, 0.05) is 0 Å². The van der Waals surface area contributed by atoms with Gasteiger partial charge >= 0.3 is 178 Å². The Kier molecular flexibility index (Phi) is 5.75. The van der Waals surface area contributed by atoms with Crippen molar-refractivity contribution in [2.45, 2.75) is 54.4 Å². The van der Waals surface area contributed by atoms with E-state index in [9.17, 15) is 8.18 Å². The summed E-state index contributed by atoms with van der Waals surface area (Å²) in [4.78, 5) is 12.0. The Morgan fingerprint density at radius 1 is 1.20 bits per heavy atom. The van der Waals surface area contributed by atoms with Crippen molar-refractivity contribution in [1.29, 1.82) is 0 Å². The van der Waals surface area contributed by atoms with Gasteiger partial charge in [0.15, 0.2) is 0 Å². The minimum absolute atomic E-state index is 0.0884. The molecule has 0 atom stereocenters. The zero-order valence-electron chi connectivity index (χ0n) is 17.0. The summed E-state index contributed by atoms with van der Waals surface area (Å²) in [6.07, 6.45) is 5.87. The number of hydrogen-bond acceptors (Lipinski definition) is 6. The van der Waals surface area contributed by atoms with Crippen molar-refractivity contribution in [2.75, 3.05) is 29.9 Å².